The third kappa shape index (κ3) is 4.44. The van der Waals surface area contributed by atoms with Crippen molar-refractivity contribution >= 4 is 11.6 Å². The molecule has 8 heteroatoms. The quantitative estimate of drug-likeness (QED) is 0.923. The van der Waals surface area contributed by atoms with Crippen LogP contribution in [-0.2, 0) is 9.53 Å². The number of carbonyl (C=O) groups is 1. The average Bonchev–Trinajstić information content (AvgIpc) is 2.37. The van der Waals surface area contributed by atoms with Gasteiger partial charge in [0.15, 0.2) is 0 Å². The fourth-order valence-electron chi connectivity index (χ4n) is 1.26. The van der Waals surface area contributed by atoms with Crippen molar-refractivity contribution in [2.45, 2.75) is 19.4 Å². The summed E-state index contributed by atoms with van der Waals surface area (Å²) in [4.78, 5) is 11.5. The Labute approximate surface area is 112 Å². The molecule has 0 aliphatic rings. The standard InChI is InChI=1S/C12H11F3N2O3/c1-7(19-2)11(18)17-9-3-4-10(8(5-9)6-16)20-12(13,14)15/h3-5,7H,1-2H3,(H,17,18)/t7-/m1/s1. The van der Waals surface area contributed by atoms with Crippen molar-refractivity contribution in [3.8, 4) is 11.8 Å². The van der Waals surface area contributed by atoms with E-state index in [9.17, 15) is 18.0 Å². The molecule has 0 aliphatic heterocycles. The SMILES string of the molecule is CO[C@H](C)C(=O)Nc1ccc(OC(F)(F)F)c(C#N)c1. The van der Waals surface area contributed by atoms with E-state index >= 15 is 0 Å². The number of alkyl halides is 3. The lowest BCUT2D eigenvalue weighted by Crippen LogP contribution is -2.26. The van der Waals surface area contributed by atoms with Crippen LogP contribution in [0.15, 0.2) is 18.2 Å². The van der Waals surface area contributed by atoms with E-state index in [1.165, 1.54) is 20.1 Å². The normalized spacial score (nSPS) is 12.4. The Kier molecular flexibility index (Phi) is 4.94. The molecule has 5 nitrogen and oxygen atoms in total. The molecular weight excluding hydrogens is 277 g/mol. The first kappa shape index (κ1) is 15.8. The first-order valence-electron chi connectivity index (χ1n) is 5.40. The molecule has 0 aliphatic carbocycles. The molecule has 1 aromatic rings. The second kappa shape index (κ2) is 6.25. The molecule has 1 N–H and O–H groups in total. The number of amides is 1. The second-order valence-corrected chi connectivity index (χ2v) is 3.74. The smallest absolute Gasteiger partial charge is 0.404 e. The van der Waals surface area contributed by atoms with Crippen LogP contribution in [0.1, 0.15) is 12.5 Å². The van der Waals surface area contributed by atoms with Gasteiger partial charge in [-0.1, -0.05) is 0 Å². The largest absolute Gasteiger partial charge is 0.573 e. The highest BCUT2D eigenvalue weighted by Crippen LogP contribution is 2.28. The van der Waals surface area contributed by atoms with Crippen LogP contribution in [0.5, 0.6) is 5.75 Å². The number of methoxy groups -OCH3 is 1. The lowest BCUT2D eigenvalue weighted by atomic mass is 10.2. The highest BCUT2D eigenvalue weighted by atomic mass is 19.4. The molecule has 0 fully saturated rings. The molecule has 0 saturated heterocycles. The summed E-state index contributed by atoms with van der Waals surface area (Å²) in [5.74, 6) is -1.11. The molecule has 0 aromatic heterocycles. The van der Waals surface area contributed by atoms with Crippen LogP contribution in [0.4, 0.5) is 18.9 Å². The number of halogens is 3. The van der Waals surface area contributed by atoms with Crippen molar-refractivity contribution in [1.29, 1.82) is 5.26 Å². The minimum Gasteiger partial charge on any atom is -0.404 e. The molecule has 1 aromatic carbocycles. The van der Waals surface area contributed by atoms with Gasteiger partial charge in [-0.2, -0.15) is 5.26 Å². The van der Waals surface area contributed by atoms with Gasteiger partial charge in [0.25, 0.3) is 5.91 Å². The number of hydrogen-bond acceptors (Lipinski definition) is 4. The van der Waals surface area contributed by atoms with Crippen molar-refractivity contribution in [3.63, 3.8) is 0 Å². The van der Waals surface area contributed by atoms with Crippen LogP contribution in [-0.4, -0.2) is 25.5 Å². The number of carbonyl (C=O) groups excluding carboxylic acids is 1. The minimum absolute atomic E-state index is 0.171. The van der Waals surface area contributed by atoms with E-state index in [1.54, 1.807) is 6.07 Å². The molecule has 0 bridgehead atoms. The number of nitrogens with zero attached hydrogens (tertiary/aromatic N) is 1. The van der Waals surface area contributed by atoms with Gasteiger partial charge in [0, 0.05) is 12.8 Å². The van der Waals surface area contributed by atoms with E-state index in [-0.39, 0.29) is 11.3 Å². The van der Waals surface area contributed by atoms with E-state index in [4.69, 9.17) is 10.00 Å². The number of ether oxygens (including phenoxy) is 2. The number of rotatable bonds is 4. The Morgan fingerprint density at radius 3 is 2.60 bits per heavy atom. The van der Waals surface area contributed by atoms with E-state index in [0.717, 1.165) is 12.1 Å². The molecular formula is C12H11F3N2O3. The Morgan fingerprint density at radius 2 is 2.10 bits per heavy atom. The molecule has 1 atom stereocenters. The second-order valence-electron chi connectivity index (χ2n) is 3.74. The molecule has 20 heavy (non-hydrogen) atoms. The molecule has 0 unspecified atom stereocenters. The van der Waals surface area contributed by atoms with E-state index in [1.807, 2.05) is 0 Å². The Hall–Kier alpha value is -2.27. The fourth-order valence-corrected chi connectivity index (χ4v) is 1.26. The summed E-state index contributed by atoms with van der Waals surface area (Å²) < 4.78 is 44.8. The van der Waals surface area contributed by atoms with Crippen LogP contribution >= 0.6 is 0 Å². The zero-order valence-electron chi connectivity index (χ0n) is 10.6. The van der Waals surface area contributed by atoms with Gasteiger partial charge in [0.05, 0.1) is 5.56 Å². The summed E-state index contributed by atoms with van der Waals surface area (Å²) in [5.41, 5.74) is -0.171. The van der Waals surface area contributed by atoms with Gasteiger partial charge in [0.2, 0.25) is 0 Å². The summed E-state index contributed by atoms with van der Waals surface area (Å²) in [6.07, 6.45) is -5.62. The third-order valence-corrected chi connectivity index (χ3v) is 2.32. The molecule has 0 saturated carbocycles. The van der Waals surface area contributed by atoms with Gasteiger partial charge in [-0.3, -0.25) is 4.79 Å². The minimum atomic E-state index is -4.89. The van der Waals surface area contributed by atoms with E-state index in [0.29, 0.717) is 0 Å². The van der Waals surface area contributed by atoms with Crippen LogP contribution in [0.25, 0.3) is 0 Å². The Balaban J connectivity index is 2.94. The number of nitriles is 1. The molecule has 0 spiro atoms. The van der Waals surface area contributed by atoms with Gasteiger partial charge in [-0.05, 0) is 25.1 Å². The first-order chi connectivity index (χ1) is 9.26. The van der Waals surface area contributed by atoms with Crippen molar-refractivity contribution in [1.82, 2.24) is 0 Å². The van der Waals surface area contributed by atoms with Gasteiger partial charge in [-0.15, -0.1) is 13.2 Å². The number of benzene rings is 1. The monoisotopic (exact) mass is 288 g/mol. The number of hydrogen-bond donors (Lipinski definition) is 1. The Morgan fingerprint density at radius 1 is 1.45 bits per heavy atom. The molecule has 0 heterocycles. The predicted molar refractivity (Wildman–Crippen MR) is 62.9 cm³/mol. The van der Waals surface area contributed by atoms with Gasteiger partial charge in [0.1, 0.15) is 17.9 Å². The van der Waals surface area contributed by atoms with Crippen molar-refractivity contribution in [2.75, 3.05) is 12.4 Å². The highest BCUT2D eigenvalue weighted by Gasteiger charge is 2.32. The molecule has 1 amide bonds. The van der Waals surface area contributed by atoms with Crippen molar-refractivity contribution in [2.24, 2.45) is 0 Å². The van der Waals surface area contributed by atoms with Crippen LogP contribution < -0.4 is 10.1 Å². The fraction of sp³-hybridized carbons (Fsp3) is 0.333. The summed E-state index contributed by atoms with van der Waals surface area (Å²) >= 11 is 0. The van der Waals surface area contributed by atoms with Crippen LogP contribution in [0.3, 0.4) is 0 Å². The summed E-state index contributed by atoms with van der Waals surface area (Å²) in [5, 5.41) is 11.2. The predicted octanol–water partition coefficient (Wildman–Crippen LogP) is 2.43. The van der Waals surface area contributed by atoms with E-state index < -0.39 is 24.1 Å². The summed E-state index contributed by atoms with van der Waals surface area (Å²) in [6, 6.07) is 4.81. The zero-order chi connectivity index (χ0) is 15.3. The maximum atomic E-state index is 12.1. The number of anilines is 1. The van der Waals surface area contributed by atoms with Gasteiger partial charge in [-0.25, -0.2) is 0 Å². The van der Waals surface area contributed by atoms with Crippen molar-refractivity contribution < 1.29 is 27.4 Å². The highest BCUT2D eigenvalue weighted by molar-refractivity contribution is 5.94. The molecule has 1 rings (SSSR count). The lowest BCUT2D eigenvalue weighted by Gasteiger charge is -2.13. The maximum Gasteiger partial charge on any atom is 0.573 e. The van der Waals surface area contributed by atoms with E-state index in [2.05, 4.69) is 10.1 Å². The number of nitrogens with one attached hydrogen (secondary N) is 1. The van der Waals surface area contributed by atoms with Gasteiger partial charge >= 0.3 is 6.36 Å². The topological polar surface area (TPSA) is 71.3 Å². The van der Waals surface area contributed by atoms with Gasteiger partial charge < -0.3 is 14.8 Å². The van der Waals surface area contributed by atoms with Crippen LogP contribution in [0.2, 0.25) is 0 Å². The van der Waals surface area contributed by atoms with Crippen molar-refractivity contribution in [3.05, 3.63) is 23.8 Å². The average molecular weight is 288 g/mol. The Bertz CT molecular complexity index is 538. The van der Waals surface area contributed by atoms with Crippen LogP contribution in [0, 0.1) is 11.3 Å². The third-order valence-electron chi connectivity index (χ3n) is 2.32. The molecule has 0 radical (unpaired) electrons. The molecule has 108 valence electrons. The zero-order valence-corrected chi connectivity index (χ0v) is 10.6. The first-order valence-corrected chi connectivity index (χ1v) is 5.40. The maximum absolute atomic E-state index is 12.1. The summed E-state index contributed by atoms with van der Waals surface area (Å²) in [6.45, 7) is 1.50. The summed E-state index contributed by atoms with van der Waals surface area (Å²) in [7, 11) is 1.34. The lowest BCUT2D eigenvalue weighted by molar-refractivity contribution is -0.274.